The van der Waals surface area contributed by atoms with E-state index < -0.39 is 22.6 Å². The van der Waals surface area contributed by atoms with Crippen LogP contribution in [0, 0.1) is 20.2 Å². The second-order valence-corrected chi connectivity index (χ2v) is 14.2. The van der Waals surface area contributed by atoms with Crippen LogP contribution in [0.4, 0.5) is 45.5 Å². The molecule has 10 N–H and O–H groups in total. The molecule has 62 heavy (non-hydrogen) atoms. The number of nitrogen functional groups attached to an aromatic ring is 4. The topological polar surface area (TPSA) is 293 Å². The molecule has 0 aliphatic heterocycles. The van der Waals surface area contributed by atoms with Crippen molar-refractivity contribution >= 4 is 80.6 Å². The Morgan fingerprint density at radius 3 is 1.34 bits per heavy atom. The SMILES string of the molecule is CCN(CCOC(=O)CCN(CCC(=O)OCCN(CC)c1ccc(N)cc1)CC(O)CO)c1ccc(N)cc1.Nc1ccc([N+](=O)[O-])cc1Cl.Nc1ccc([N+](=O)[O-])cc1Cl. The summed E-state index contributed by atoms with van der Waals surface area (Å²) in [5.74, 6) is -0.747. The van der Waals surface area contributed by atoms with E-state index in [9.17, 15) is 40.0 Å². The molecule has 21 heteroatoms. The normalized spacial score (nSPS) is 11.0. The van der Waals surface area contributed by atoms with E-state index in [-0.39, 0.29) is 79.0 Å². The van der Waals surface area contributed by atoms with Gasteiger partial charge >= 0.3 is 11.9 Å². The summed E-state index contributed by atoms with van der Waals surface area (Å²) in [4.78, 5) is 49.9. The van der Waals surface area contributed by atoms with Crippen molar-refractivity contribution in [3.63, 3.8) is 0 Å². The summed E-state index contributed by atoms with van der Waals surface area (Å²) in [6.07, 6.45) is -0.800. The smallest absolute Gasteiger partial charge is 0.307 e. The average molecular weight is 905 g/mol. The van der Waals surface area contributed by atoms with Crippen molar-refractivity contribution in [1.29, 1.82) is 0 Å². The van der Waals surface area contributed by atoms with Crippen LogP contribution in [0.2, 0.25) is 10.0 Å². The fourth-order valence-electron chi connectivity index (χ4n) is 5.40. The van der Waals surface area contributed by atoms with E-state index in [1.165, 1.54) is 36.4 Å². The number of nitro groups is 2. The van der Waals surface area contributed by atoms with Crippen molar-refractivity contribution in [3.05, 3.63) is 115 Å². The van der Waals surface area contributed by atoms with Gasteiger partial charge in [-0.1, -0.05) is 23.2 Å². The molecule has 0 amide bonds. The Labute approximate surface area is 370 Å². The monoisotopic (exact) mass is 903 g/mol. The molecule has 0 spiro atoms. The van der Waals surface area contributed by atoms with E-state index in [2.05, 4.69) is 9.80 Å². The average Bonchev–Trinajstić information content (AvgIpc) is 3.25. The van der Waals surface area contributed by atoms with Gasteiger partial charge in [-0.3, -0.25) is 34.7 Å². The number of anilines is 6. The molecule has 338 valence electrons. The molecule has 0 aliphatic carbocycles. The summed E-state index contributed by atoms with van der Waals surface area (Å²) in [5, 5.41) is 39.9. The Morgan fingerprint density at radius 2 is 1.03 bits per heavy atom. The van der Waals surface area contributed by atoms with Crippen LogP contribution in [0.15, 0.2) is 84.9 Å². The van der Waals surface area contributed by atoms with Crippen LogP contribution in [0.25, 0.3) is 0 Å². The second kappa shape index (κ2) is 27.7. The van der Waals surface area contributed by atoms with Gasteiger partial charge in [0.1, 0.15) is 13.2 Å². The first-order chi connectivity index (χ1) is 29.5. The number of aliphatic hydroxyl groups is 2. The van der Waals surface area contributed by atoms with Crippen molar-refractivity contribution in [1.82, 2.24) is 4.90 Å². The maximum Gasteiger partial charge on any atom is 0.307 e. The lowest BCUT2D eigenvalue weighted by Crippen LogP contribution is -2.37. The summed E-state index contributed by atoms with van der Waals surface area (Å²) in [6.45, 7) is 7.35. The summed E-state index contributed by atoms with van der Waals surface area (Å²) in [5.41, 5.74) is 26.1. The Kier molecular flexibility index (Phi) is 23.2. The number of nitro benzene ring substituents is 2. The minimum Gasteiger partial charge on any atom is -0.464 e. The lowest BCUT2D eigenvalue weighted by molar-refractivity contribution is -0.385. The molecule has 1 atom stereocenters. The van der Waals surface area contributed by atoms with Gasteiger partial charge in [-0.15, -0.1) is 0 Å². The van der Waals surface area contributed by atoms with Crippen molar-refractivity contribution in [3.8, 4) is 0 Å². The van der Waals surface area contributed by atoms with E-state index in [1.54, 1.807) is 4.90 Å². The first-order valence-electron chi connectivity index (χ1n) is 19.4. The first kappa shape index (κ1) is 52.0. The maximum atomic E-state index is 12.4. The zero-order chi connectivity index (χ0) is 46.2. The molecular formula is C41H55Cl2N9O10. The standard InChI is InChI=1S/C29H45N5O6.2C6H5ClN2O2/c1-3-33(25-9-5-23(30)6-10-25)17-19-39-28(37)13-15-32(21-27(36)22-35)16-14-29(38)40-20-18-34(4-2)26-11-7-24(31)8-12-26;2*7-5-3-4(9(10)11)1-2-6(5)8/h5-12,27,35-36H,3-4,13-22,30-31H2,1-2H3;2*1-3H,8H2. The molecule has 4 rings (SSSR count). The van der Waals surface area contributed by atoms with Crippen LogP contribution in [-0.4, -0.2) is 109 Å². The van der Waals surface area contributed by atoms with Gasteiger partial charge in [-0.05, 0) is 74.5 Å². The van der Waals surface area contributed by atoms with Crippen LogP contribution in [-0.2, 0) is 19.1 Å². The van der Waals surface area contributed by atoms with E-state index in [0.717, 1.165) is 24.5 Å². The van der Waals surface area contributed by atoms with Gasteiger partial charge < -0.3 is 52.4 Å². The largest absolute Gasteiger partial charge is 0.464 e. The number of carbonyl (C=O) groups excluding carboxylic acids is 2. The number of nitrogens with two attached hydrogens (primary N) is 4. The molecule has 0 fully saturated rings. The fraction of sp³-hybridized carbons (Fsp3) is 0.366. The third-order valence-electron chi connectivity index (χ3n) is 8.86. The molecule has 0 radical (unpaired) electrons. The summed E-state index contributed by atoms with van der Waals surface area (Å²) >= 11 is 11.1. The predicted octanol–water partition coefficient (Wildman–Crippen LogP) is 5.39. The lowest BCUT2D eigenvalue weighted by Gasteiger charge is -2.25. The number of ether oxygens (including phenoxy) is 2. The van der Waals surface area contributed by atoms with Crippen LogP contribution in [0.5, 0.6) is 0 Å². The first-order valence-corrected chi connectivity index (χ1v) is 20.2. The van der Waals surface area contributed by atoms with Crippen LogP contribution in [0.3, 0.4) is 0 Å². The summed E-state index contributed by atoms with van der Waals surface area (Å²) in [7, 11) is 0. The molecule has 0 saturated heterocycles. The highest BCUT2D eigenvalue weighted by Gasteiger charge is 2.17. The molecule has 0 bridgehead atoms. The molecule has 4 aromatic rings. The predicted molar refractivity (Wildman–Crippen MR) is 243 cm³/mol. The molecule has 4 aromatic carbocycles. The van der Waals surface area contributed by atoms with Crippen molar-refractivity contribution in [2.24, 2.45) is 0 Å². The van der Waals surface area contributed by atoms with Crippen LogP contribution < -0.4 is 32.7 Å². The molecular weight excluding hydrogens is 849 g/mol. The Bertz CT molecular complexity index is 1880. The van der Waals surface area contributed by atoms with Gasteiger partial charge in [-0.25, -0.2) is 0 Å². The quantitative estimate of drug-likeness (QED) is 0.0264. The number of nitrogens with zero attached hydrogens (tertiary/aromatic N) is 5. The van der Waals surface area contributed by atoms with E-state index >= 15 is 0 Å². The molecule has 19 nitrogen and oxygen atoms in total. The van der Waals surface area contributed by atoms with Crippen LogP contribution >= 0.6 is 23.2 Å². The highest BCUT2D eigenvalue weighted by molar-refractivity contribution is 6.33. The van der Waals surface area contributed by atoms with Gasteiger partial charge in [-0.2, -0.15) is 0 Å². The zero-order valence-corrected chi connectivity index (χ0v) is 36.1. The zero-order valence-electron chi connectivity index (χ0n) is 34.6. The molecule has 0 aromatic heterocycles. The van der Waals surface area contributed by atoms with Crippen molar-refractivity contribution in [2.75, 3.05) is 98.4 Å². The third-order valence-corrected chi connectivity index (χ3v) is 9.52. The van der Waals surface area contributed by atoms with Gasteiger partial charge in [0.25, 0.3) is 11.4 Å². The van der Waals surface area contributed by atoms with Crippen molar-refractivity contribution < 1.29 is 39.1 Å². The highest BCUT2D eigenvalue weighted by Crippen LogP contribution is 2.25. The summed E-state index contributed by atoms with van der Waals surface area (Å²) < 4.78 is 10.8. The van der Waals surface area contributed by atoms with E-state index in [4.69, 9.17) is 55.6 Å². The van der Waals surface area contributed by atoms with Gasteiger partial charge in [0.2, 0.25) is 0 Å². The molecule has 1 unspecified atom stereocenters. The number of likely N-dealkylation sites (N-methyl/N-ethyl adjacent to an activating group) is 2. The maximum absolute atomic E-state index is 12.4. The minimum absolute atomic E-state index is 0.0517. The number of aliphatic hydroxyl groups excluding tert-OH is 2. The second-order valence-electron chi connectivity index (χ2n) is 13.3. The number of halogens is 2. The van der Waals surface area contributed by atoms with E-state index in [0.29, 0.717) is 35.8 Å². The third kappa shape index (κ3) is 19.5. The minimum atomic E-state index is -0.983. The van der Waals surface area contributed by atoms with Gasteiger partial charge in [0.05, 0.1) is 69.9 Å². The number of hydrogen-bond acceptors (Lipinski definition) is 17. The molecule has 0 aliphatic rings. The number of non-ortho nitro benzene ring substituents is 2. The number of hydrogen-bond donors (Lipinski definition) is 6. The number of benzene rings is 4. The fourth-order valence-corrected chi connectivity index (χ4v) is 5.75. The Balaban J connectivity index is 0.000000482. The number of esters is 2. The molecule has 0 heterocycles. The highest BCUT2D eigenvalue weighted by atomic mass is 35.5. The Hall–Kier alpha value is -6.12. The van der Waals surface area contributed by atoms with Gasteiger partial charge in [0.15, 0.2) is 0 Å². The van der Waals surface area contributed by atoms with Gasteiger partial charge in [0, 0.05) is 79.7 Å². The molecule has 0 saturated carbocycles. The number of rotatable bonds is 21. The van der Waals surface area contributed by atoms with Crippen LogP contribution in [0.1, 0.15) is 26.7 Å². The Morgan fingerprint density at radius 1 is 0.661 bits per heavy atom. The van der Waals surface area contributed by atoms with E-state index in [1.807, 2.05) is 62.4 Å². The lowest BCUT2D eigenvalue weighted by atomic mass is 10.2. The summed E-state index contributed by atoms with van der Waals surface area (Å²) in [6, 6.07) is 22.9. The number of carbonyl (C=O) groups is 2. The van der Waals surface area contributed by atoms with Crippen molar-refractivity contribution in [2.45, 2.75) is 32.8 Å².